The molecule has 2 aliphatic heterocycles. The topological polar surface area (TPSA) is 38.7 Å². The van der Waals surface area contributed by atoms with Crippen LogP contribution in [0.1, 0.15) is 38.5 Å². The Labute approximate surface area is 101 Å². The van der Waals surface area contributed by atoms with Crippen molar-refractivity contribution in [2.75, 3.05) is 11.5 Å². The smallest absolute Gasteiger partial charge is 0.169 e. The third-order valence-corrected chi connectivity index (χ3v) is 5.04. The molecular weight excluding hydrogens is 224 g/mol. The minimum Gasteiger partial charge on any atom is -0.392 e. The number of aliphatic hydroxyl groups excluding tert-OH is 1. The molecule has 1 N–H and O–H groups in total. The van der Waals surface area contributed by atoms with Gasteiger partial charge in [-0.15, -0.1) is 0 Å². The van der Waals surface area contributed by atoms with Crippen LogP contribution in [0.3, 0.4) is 0 Å². The van der Waals surface area contributed by atoms with Gasteiger partial charge >= 0.3 is 0 Å². The first-order valence-electron chi connectivity index (χ1n) is 6.39. The van der Waals surface area contributed by atoms with Crippen LogP contribution in [0, 0.1) is 0 Å². The van der Waals surface area contributed by atoms with Crippen LogP contribution >= 0.6 is 11.8 Å². The van der Waals surface area contributed by atoms with Crippen molar-refractivity contribution < 1.29 is 14.6 Å². The van der Waals surface area contributed by atoms with Gasteiger partial charge in [-0.3, -0.25) is 0 Å². The Balaban J connectivity index is 1.70. The summed E-state index contributed by atoms with van der Waals surface area (Å²) in [6, 6.07) is 0. The van der Waals surface area contributed by atoms with Crippen LogP contribution in [0.2, 0.25) is 0 Å². The Morgan fingerprint density at radius 2 is 1.75 bits per heavy atom. The lowest BCUT2D eigenvalue weighted by molar-refractivity contribution is -0.194. The predicted molar refractivity (Wildman–Crippen MR) is 63.5 cm³/mol. The largest absolute Gasteiger partial charge is 0.392 e. The molecule has 0 radical (unpaired) electrons. The van der Waals surface area contributed by atoms with Crippen molar-refractivity contribution in [1.82, 2.24) is 0 Å². The maximum absolute atomic E-state index is 9.77. The number of thioether (sulfide) groups is 1. The molecule has 1 saturated carbocycles. The van der Waals surface area contributed by atoms with Gasteiger partial charge in [-0.25, -0.2) is 0 Å². The summed E-state index contributed by atoms with van der Waals surface area (Å²) in [6.45, 7) is 0. The van der Waals surface area contributed by atoms with E-state index in [2.05, 4.69) is 0 Å². The standard InChI is InChI=1S/C12H20O3S/c13-9-6-10-11(8-16-7-9)15-12(14-10)4-2-1-3-5-12/h9-11,13H,1-8H2/t9-,10-,11+/m1/s1. The molecule has 0 aromatic heterocycles. The summed E-state index contributed by atoms with van der Waals surface area (Å²) in [6.07, 6.45) is 6.69. The van der Waals surface area contributed by atoms with E-state index in [0.717, 1.165) is 30.8 Å². The van der Waals surface area contributed by atoms with Gasteiger partial charge < -0.3 is 14.6 Å². The van der Waals surface area contributed by atoms with Crippen LogP contribution in [0.15, 0.2) is 0 Å². The highest BCUT2D eigenvalue weighted by Gasteiger charge is 2.48. The zero-order chi connectivity index (χ0) is 11.0. The summed E-state index contributed by atoms with van der Waals surface area (Å²) in [5.41, 5.74) is 0. The first kappa shape index (κ1) is 11.3. The maximum Gasteiger partial charge on any atom is 0.169 e. The second-order valence-electron chi connectivity index (χ2n) is 5.21. The average Bonchev–Trinajstić information content (AvgIpc) is 2.48. The molecule has 3 rings (SSSR count). The SMILES string of the molecule is O[C@H]1CSC[C@@H]2OC3(CCCCC3)O[C@@H]2C1. The number of rotatable bonds is 0. The van der Waals surface area contributed by atoms with Crippen LogP contribution < -0.4 is 0 Å². The summed E-state index contributed by atoms with van der Waals surface area (Å²) >= 11 is 1.79. The van der Waals surface area contributed by atoms with Crippen LogP contribution in [0.25, 0.3) is 0 Å². The lowest BCUT2D eigenvalue weighted by Gasteiger charge is -2.32. The molecular formula is C12H20O3S. The fourth-order valence-electron chi connectivity index (χ4n) is 3.06. The maximum atomic E-state index is 9.77. The summed E-state index contributed by atoms with van der Waals surface area (Å²) < 4.78 is 12.3. The summed E-state index contributed by atoms with van der Waals surface area (Å²) in [5.74, 6) is 1.52. The number of fused-ring (bicyclic) bond motifs is 1. The van der Waals surface area contributed by atoms with Crippen molar-refractivity contribution >= 4 is 11.8 Å². The van der Waals surface area contributed by atoms with Gasteiger partial charge in [0.1, 0.15) is 0 Å². The van der Waals surface area contributed by atoms with Gasteiger partial charge in [0, 0.05) is 30.8 Å². The molecule has 3 aliphatic rings. The number of aliphatic hydroxyl groups is 1. The highest BCUT2D eigenvalue weighted by atomic mass is 32.2. The molecule has 0 aromatic rings. The van der Waals surface area contributed by atoms with Crippen LogP contribution in [0.5, 0.6) is 0 Å². The van der Waals surface area contributed by atoms with Gasteiger partial charge in [0.15, 0.2) is 5.79 Å². The average molecular weight is 244 g/mol. The Morgan fingerprint density at radius 3 is 2.56 bits per heavy atom. The lowest BCUT2D eigenvalue weighted by atomic mass is 9.94. The first-order valence-corrected chi connectivity index (χ1v) is 7.54. The van der Waals surface area contributed by atoms with Crippen molar-refractivity contribution in [3.63, 3.8) is 0 Å². The van der Waals surface area contributed by atoms with E-state index in [-0.39, 0.29) is 24.1 Å². The van der Waals surface area contributed by atoms with Crippen LogP contribution in [-0.4, -0.2) is 40.7 Å². The minimum absolute atomic E-state index is 0.128. The second-order valence-corrected chi connectivity index (χ2v) is 6.29. The zero-order valence-corrected chi connectivity index (χ0v) is 10.4. The van der Waals surface area contributed by atoms with E-state index in [1.807, 2.05) is 0 Å². The third kappa shape index (κ3) is 2.13. The number of hydrogen-bond acceptors (Lipinski definition) is 4. The van der Waals surface area contributed by atoms with E-state index in [9.17, 15) is 5.11 Å². The molecule has 2 saturated heterocycles. The van der Waals surface area contributed by atoms with Crippen molar-refractivity contribution in [3.8, 4) is 0 Å². The molecule has 2 heterocycles. The van der Waals surface area contributed by atoms with Gasteiger partial charge in [-0.1, -0.05) is 6.42 Å². The molecule has 3 nitrogen and oxygen atoms in total. The molecule has 0 unspecified atom stereocenters. The molecule has 0 amide bonds. The van der Waals surface area contributed by atoms with Crippen molar-refractivity contribution in [2.45, 2.75) is 62.6 Å². The van der Waals surface area contributed by atoms with Crippen molar-refractivity contribution in [3.05, 3.63) is 0 Å². The van der Waals surface area contributed by atoms with E-state index in [1.54, 1.807) is 11.8 Å². The van der Waals surface area contributed by atoms with E-state index in [1.165, 1.54) is 19.3 Å². The zero-order valence-electron chi connectivity index (χ0n) is 9.56. The van der Waals surface area contributed by atoms with E-state index < -0.39 is 0 Å². The molecule has 3 atom stereocenters. The van der Waals surface area contributed by atoms with Gasteiger partial charge in [-0.05, 0) is 12.8 Å². The summed E-state index contributed by atoms with van der Waals surface area (Å²) in [5, 5.41) is 9.77. The Bertz CT molecular complexity index is 253. The van der Waals surface area contributed by atoms with Crippen LogP contribution in [-0.2, 0) is 9.47 Å². The summed E-state index contributed by atoms with van der Waals surface area (Å²) in [7, 11) is 0. The van der Waals surface area contributed by atoms with Gasteiger partial charge in [0.05, 0.1) is 18.3 Å². The van der Waals surface area contributed by atoms with E-state index >= 15 is 0 Å². The van der Waals surface area contributed by atoms with E-state index in [0.29, 0.717) is 0 Å². The molecule has 4 heteroatoms. The van der Waals surface area contributed by atoms with Gasteiger partial charge in [-0.2, -0.15) is 11.8 Å². The molecule has 92 valence electrons. The monoisotopic (exact) mass is 244 g/mol. The third-order valence-electron chi connectivity index (χ3n) is 3.86. The first-order chi connectivity index (χ1) is 7.77. The predicted octanol–water partition coefficient (Wildman–Crippen LogP) is 1.93. The quantitative estimate of drug-likeness (QED) is 0.706. The highest BCUT2D eigenvalue weighted by molar-refractivity contribution is 7.99. The second kappa shape index (κ2) is 4.48. The Hall–Kier alpha value is 0.230. The minimum atomic E-state index is -0.287. The highest BCUT2D eigenvalue weighted by Crippen LogP contribution is 2.43. The molecule has 0 bridgehead atoms. The summed E-state index contributed by atoms with van der Waals surface area (Å²) in [4.78, 5) is 0. The Kier molecular flexibility index (Phi) is 3.17. The molecule has 1 spiro atoms. The van der Waals surface area contributed by atoms with E-state index in [4.69, 9.17) is 9.47 Å². The van der Waals surface area contributed by atoms with Gasteiger partial charge in [0.25, 0.3) is 0 Å². The lowest BCUT2D eigenvalue weighted by Crippen LogP contribution is -2.34. The fourth-order valence-corrected chi connectivity index (χ4v) is 4.11. The van der Waals surface area contributed by atoms with Gasteiger partial charge in [0.2, 0.25) is 0 Å². The number of ether oxygens (including phenoxy) is 2. The normalized spacial score (nSPS) is 42.9. The van der Waals surface area contributed by atoms with Crippen LogP contribution in [0.4, 0.5) is 0 Å². The number of hydrogen-bond donors (Lipinski definition) is 1. The molecule has 16 heavy (non-hydrogen) atoms. The molecule has 3 fully saturated rings. The Morgan fingerprint density at radius 1 is 1.00 bits per heavy atom. The van der Waals surface area contributed by atoms with Crippen molar-refractivity contribution in [1.29, 1.82) is 0 Å². The van der Waals surface area contributed by atoms with Crippen molar-refractivity contribution in [2.24, 2.45) is 0 Å². The molecule has 0 aromatic carbocycles. The molecule has 1 aliphatic carbocycles. The fraction of sp³-hybridized carbons (Fsp3) is 1.00.